The molecule has 3 aromatic rings. The van der Waals surface area contributed by atoms with Crippen molar-refractivity contribution in [1.29, 1.82) is 0 Å². The molecule has 6 heteroatoms. The first kappa shape index (κ1) is 15.1. The molecule has 0 saturated carbocycles. The number of primary amides is 1. The Morgan fingerprint density at radius 2 is 1.74 bits per heavy atom. The lowest BCUT2D eigenvalue weighted by molar-refractivity contribution is 0.259. The van der Waals surface area contributed by atoms with E-state index in [4.69, 9.17) is 10.5 Å². The van der Waals surface area contributed by atoms with Crippen LogP contribution in [-0.4, -0.2) is 18.1 Å². The van der Waals surface area contributed by atoms with E-state index < -0.39 is 6.03 Å². The van der Waals surface area contributed by atoms with Crippen LogP contribution in [0.5, 0.6) is 5.75 Å². The number of hydrogen-bond donors (Lipinski definition) is 2. The molecule has 0 aliphatic rings. The predicted molar refractivity (Wildman–Crippen MR) is 92.7 cm³/mol. The van der Waals surface area contributed by atoms with Crippen LogP contribution in [0.15, 0.2) is 53.9 Å². The fraction of sp³-hybridized carbons (Fsp3) is 0.0588. The van der Waals surface area contributed by atoms with E-state index in [1.54, 1.807) is 30.6 Å². The molecule has 0 aliphatic heterocycles. The predicted octanol–water partition coefficient (Wildman–Crippen LogP) is 3.98. The van der Waals surface area contributed by atoms with Gasteiger partial charge in [-0.3, -0.25) is 0 Å². The third-order valence-electron chi connectivity index (χ3n) is 3.29. The van der Waals surface area contributed by atoms with Crippen molar-refractivity contribution in [3.63, 3.8) is 0 Å². The summed E-state index contributed by atoms with van der Waals surface area (Å²) in [6.07, 6.45) is 0. The van der Waals surface area contributed by atoms with Crippen molar-refractivity contribution in [1.82, 2.24) is 4.98 Å². The summed E-state index contributed by atoms with van der Waals surface area (Å²) >= 11 is 1.58. The Kier molecular flexibility index (Phi) is 4.25. The van der Waals surface area contributed by atoms with Crippen LogP contribution in [0, 0.1) is 0 Å². The van der Waals surface area contributed by atoms with Gasteiger partial charge in [0.05, 0.1) is 12.8 Å². The molecule has 0 saturated heterocycles. The largest absolute Gasteiger partial charge is 0.497 e. The molecule has 2 amide bonds. The molecule has 5 nitrogen and oxygen atoms in total. The van der Waals surface area contributed by atoms with Gasteiger partial charge in [0.1, 0.15) is 10.8 Å². The molecule has 0 radical (unpaired) electrons. The summed E-state index contributed by atoms with van der Waals surface area (Å²) < 4.78 is 5.16. The quantitative estimate of drug-likeness (QED) is 0.762. The fourth-order valence-electron chi connectivity index (χ4n) is 2.14. The van der Waals surface area contributed by atoms with Crippen molar-refractivity contribution >= 4 is 23.1 Å². The number of ether oxygens (including phenoxy) is 1. The van der Waals surface area contributed by atoms with Gasteiger partial charge < -0.3 is 15.8 Å². The number of carbonyl (C=O) groups is 1. The highest BCUT2D eigenvalue weighted by Gasteiger charge is 2.07. The molecule has 0 bridgehead atoms. The van der Waals surface area contributed by atoms with Crippen molar-refractivity contribution in [2.45, 2.75) is 0 Å². The number of nitrogens with zero attached hydrogens (tertiary/aromatic N) is 1. The van der Waals surface area contributed by atoms with Crippen LogP contribution in [0.3, 0.4) is 0 Å². The van der Waals surface area contributed by atoms with Gasteiger partial charge in [-0.05, 0) is 36.4 Å². The van der Waals surface area contributed by atoms with Gasteiger partial charge in [0.15, 0.2) is 0 Å². The summed E-state index contributed by atoms with van der Waals surface area (Å²) in [5.74, 6) is 0.822. The third-order valence-corrected chi connectivity index (χ3v) is 4.18. The Hall–Kier alpha value is -2.86. The van der Waals surface area contributed by atoms with E-state index in [1.165, 1.54) is 0 Å². The Bertz CT molecular complexity index is 811. The van der Waals surface area contributed by atoms with Crippen molar-refractivity contribution in [3.8, 4) is 27.6 Å². The number of urea groups is 1. The van der Waals surface area contributed by atoms with Gasteiger partial charge in [0, 0.05) is 22.2 Å². The zero-order chi connectivity index (χ0) is 16.2. The number of anilines is 1. The second-order valence-corrected chi connectivity index (χ2v) is 5.69. The molecule has 0 atom stereocenters. The number of rotatable bonds is 4. The first-order valence-electron chi connectivity index (χ1n) is 6.92. The molecule has 1 aromatic heterocycles. The number of benzene rings is 2. The molecular formula is C17H15N3O2S. The number of aromatic nitrogens is 1. The number of thiazole rings is 1. The highest BCUT2D eigenvalue weighted by atomic mass is 32.1. The zero-order valence-corrected chi connectivity index (χ0v) is 13.3. The summed E-state index contributed by atoms with van der Waals surface area (Å²) in [4.78, 5) is 15.5. The Balaban J connectivity index is 1.81. The van der Waals surface area contributed by atoms with E-state index >= 15 is 0 Å². The maximum atomic E-state index is 10.8. The number of carbonyl (C=O) groups excluding carboxylic acids is 1. The summed E-state index contributed by atoms with van der Waals surface area (Å²) in [6, 6.07) is 14.6. The van der Waals surface area contributed by atoms with Gasteiger partial charge >= 0.3 is 6.03 Å². The first-order chi connectivity index (χ1) is 11.2. The first-order valence-corrected chi connectivity index (χ1v) is 7.80. The summed E-state index contributed by atoms with van der Waals surface area (Å²) in [6.45, 7) is 0. The molecule has 116 valence electrons. The topological polar surface area (TPSA) is 77.2 Å². The lowest BCUT2D eigenvalue weighted by Crippen LogP contribution is -2.19. The van der Waals surface area contributed by atoms with Crippen molar-refractivity contribution in [2.24, 2.45) is 5.73 Å². The van der Waals surface area contributed by atoms with Gasteiger partial charge in [-0.15, -0.1) is 11.3 Å². The van der Waals surface area contributed by atoms with Crippen molar-refractivity contribution < 1.29 is 9.53 Å². The highest BCUT2D eigenvalue weighted by Crippen LogP contribution is 2.30. The average Bonchev–Trinajstić information content (AvgIpc) is 3.05. The number of hydrogen-bond acceptors (Lipinski definition) is 4. The zero-order valence-electron chi connectivity index (χ0n) is 12.4. The number of amides is 2. The Morgan fingerprint density at radius 3 is 2.35 bits per heavy atom. The molecule has 23 heavy (non-hydrogen) atoms. The van der Waals surface area contributed by atoms with Gasteiger partial charge in [0.25, 0.3) is 0 Å². The van der Waals surface area contributed by atoms with Crippen LogP contribution in [0.2, 0.25) is 0 Å². The van der Waals surface area contributed by atoms with E-state index in [0.29, 0.717) is 5.69 Å². The van der Waals surface area contributed by atoms with Crippen molar-refractivity contribution in [2.75, 3.05) is 12.4 Å². The van der Waals surface area contributed by atoms with Crippen LogP contribution in [0.4, 0.5) is 10.5 Å². The molecule has 3 N–H and O–H groups in total. The van der Waals surface area contributed by atoms with Crippen LogP contribution >= 0.6 is 11.3 Å². The molecule has 3 rings (SSSR count). The molecule has 0 unspecified atom stereocenters. The smallest absolute Gasteiger partial charge is 0.316 e. The minimum atomic E-state index is -0.576. The van der Waals surface area contributed by atoms with Crippen LogP contribution < -0.4 is 15.8 Å². The van der Waals surface area contributed by atoms with Crippen molar-refractivity contribution in [3.05, 3.63) is 53.9 Å². The number of nitrogens with two attached hydrogens (primary N) is 1. The number of nitrogens with one attached hydrogen (secondary N) is 1. The maximum Gasteiger partial charge on any atom is 0.316 e. The lowest BCUT2D eigenvalue weighted by Gasteiger charge is -2.02. The fourth-order valence-corrected chi connectivity index (χ4v) is 2.97. The van der Waals surface area contributed by atoms with E-state index in [2.05, 4.69) is 10.3 Å². The average molecular weight is 325 g/mol. The maximum absolute atomic E-state index is 10.8. The van der Waals surface area contributed by atoms with Crippen LogP contribution in [-0.2, 0) is 0 Å². The second-order valence-electron chi connectivity index (χ2n) is 4.83. The van der Waals surface area contributed by atoms with E-state index in [9.17, 15) is 4.79 Å². The third kappa shape index (κ3) is 3.49. The van der Waals surface area contributed by atoms with Crippen LogP contribution in [0.1, 0.15) is 0 Å². The summed E-state index contributed by atoms with van der Waals surface area (Å²) in [5.41, 5.74) is 8.68. The molecule has 0 spiro atoms. The monoisotopic (exact) mass is 325 g/mol. The van der Waals surface area contributed by atoms with Gasteiger partial charge in [-0.1, -0.05) is 12.1 Å². The van der Waals surface area contributed by atoms with Gasteiger partial charge in [-0.25, -0.2) is 9.78 Å². The van der Waals surface area contributed by atoms with E-state index in [0.717, 1.165) is 27.6 Å². The molecule has 0 aliphatic carbocycles. The second kappa shape index (κ2) is 6.50. The Morgan fingerprint density at radius 1 is 1.09 bits per heavy atom. The summed E-state index contributed by atoms with van der Waals surface area (Å²) in [5, 5.41) is 5.49. The highest BCUT2D eigenvalue weighted by molar-refractivity contribution is 7.13. The molecule has 2 aromatic carbocycles. The number of methoxy groups -OCH3 is 1. The van der Waals surface area contributed by atoms with E-state index in [-0.39, 0.29) is 0 Å². The minimum Gasteiger partial charge on any atom is -0.497 e. The molecular weight excluding hydrogens is 310 g/mol. The van der Waals surface area contributed by atoms with Gasteiger partial charge in [0.2, 0.25) is 0 Å². The Labute approximate surface area is 137 Å². The van der Waals surface area contributed by atoms with Gasteiger partial charge in [-0.2, -0.15) is 0 Å². The lowest BCUT2D eigenvalue weighted by atomic mass is 10.1. The molecule has 1 heterocycles. The minimum absolute atomic E-state index is 0.576. The molecule has 0 fully saturated rings. The standard InChI is InChI=1S/C17H15N3O2S/c1-22-14-8-4-12(5-9-14)16-20-15(10-23-16)11-2-6-13(7-3-11)19-17(18)21/h2-10H,1H3,(H3,18,19,21). The van der Waals surface area contributed by atoms with E-state index in [1.807, 2.05) is 41.8 Å². The SMILES string of the molecule is COc1ccc(-c2nc(-c3ccc(NC(N)=O)cc3)cs2)cc1. The summed E-state index contributed by atoms with van der Waals surface area (Å²) in [7, 11) is 1.65. The van der Waals surface area contributed by atoms with Crippen LogP contribution in [0.25, 0.3) is 21.8 Å². The normalized spacial score (nSPS) is 10.3.